The molecule has 2 aromatic carbocycles. The van der Waals surface area contributed by atoms with Gasteiger partial charge in [0.05, 0.1) is 13.7 Å². The first-order valence-corrected chi connectivity index (χ1v) is 9.26. The van der Waals surface area contributed by atoms with Crippen molar-refractivity contribution in [2.24, 2.45) is 0 Å². The lowest BCUT2D eigenvalue weighted by molar-refractivity contribution is 0.236. The Morgan fingerprint density at radius 2 is 1.88 bits per heavy atom. The number of halogens is 1. The quantitative estimate of drug-likeness (QED) is 0.653. The molecular weight excluding hydrogens is 382 g/mol. The third-order valence-electron chi connectivity index (χ3n) is 4.17. The Hall–Kier alpha value is -1.56. The lowest BCUT2D eigenvalue weighted by Crippen LogP contribution is -2.31. The Balaban J connectivity index is 2.20. The predicted octanol–water partition coefficient (Wildman–Crippen LogP) is 4.21. The lowest BCUT2D eigenvalue weighted by atomic mass is 10.1. The van der Waals surface area contributed by atoms with E-state index in [0.29, 0.717) is 18.9 Å². The molecule has 25 heavy (non-hydrogen) atoms. The predicted molar refractivity (Wildman–Crippen MR) is 104 cm³/mol. The number of aliphatic hydroxyl groups is 1. The zero-order chi connectivity index (χ0) is 18.2. The maximum atomic E-state index is 9.39. The van der Waals surface area contributed by atoms with E-state index in [-0.39, 0.29) is 12.6 Å². The summed E-state index contributed by atoms with van der Waals surface area (Å²) >= 11 is 3.60. The fourth-order valence-electron chi connectivity index (χ4n) is 2.49. The van der Waals surface area contributed by atoms with Crippen molar-refractivity contribution in [3.05, 3.63) is 57.6 Å². The number of ether oxygens (including phenoxy) is 2. The Labute approximate surface area is 158 Å². The van der Waals surface area contributed by atoms with Crippen LogP contribution in [0.25, 0.3) is 0 Å². The highest BCUT2D eigenvalue weighted by Gasteiger charge is 2.16. The van der Waals surface area contributed by atoms with Crippen LogP contribution in [0.2, 0.25) is 0 Å². The van der Waals surface area contributed by atoms with Gasteiger partial charge in [-0.2, -0.15) is 0 Å². The number of hydrogen-bond acceptors (Lipinski definition) is 4. The fourth-order valence-corrected chi connectivity index (χ4v) is 2.94. The zero-order valence-electron chi connectivity index (χ0n) is 15.0. The molecule has 2 N–H and O–H groups in total. The minimum Gasteiger partial charge on any atom is -0.493 e. The molecule has 5 heteroatoms. The summed E-state index contributed by atoms with van der Waals surface area (Å²) in [6.45, 7) is 5.27. The molecule has 4 nitrogen and oxygen atoms in total. The van der Waals surface area contributed by atoms with E-state index in [0.717, 1.165) is 27.8 Å². The summed E-state index contributed by atoms with van der Waals surface area (Å²) in [4.78, 5) is 0. The van der Waals surface area contributed by atoms with Gasteiger partial charge < -0.3 is 19.9 Å². The number of aryl methyl sites for hydroxylation is 1. The molecule has 0 saturated carbocycles. The molecule has 1 atom stereocenters. The van der Waals surface area contributed by atoms with E-state index in [1.54, 1.807) is 7.11 Å². The molecule has 0 radical (unpaired) electrons. The summed E-state index contributed by atoms with van der Waals surface area (Å²) in [5.74, 6) is 1.42. The van der Waals surface area contributed by atoms with Crippen LogP contribution in [0.15, 0.2) is 40.9 Å². The SMILES string of the molecule is CCC(CO)NCc1c(Br)ccc(OC)c1OCc1ccc(C)cc1. The van der Waals surface area contributed by atoms with Crippen LogP contribution in [-0.2, 0) is 13.2 Å². The van der Waals surface area contributed by atoms with E-state index in [2.05, 4.69) is 52.4 Å². The number of hydrogen-bond donors (Lipinski definition) is 2. The standard InChI is InChI=1S/C20H26BrNO3/c1-4-16(12-23)22-11-17-18(21)9-10-19(24-3)20(17)25-13-15-7-5-14(2)6-8-15/h5-10,16,22-23H,4,11-13H2,1-3H3. The molecule has 0 amide bonds. The van der Waals surface area contributed by atoms with E-state index in [9.17, 15) is 5.11 Å². The summed E-state index contributed by atoms with van der Waals surface area (Å²) in [6, 6.07) is 12.2. The van der Waals surface area contributed by atoms with Crippen molar-refractivity contribution in [3.63, 3.8) is 0 Å². The van der Waals surface area contributed by atoms with Crippen molar-refractivity contribution in [3.8, 4) is 11.5 Å². The van der Waals surface area contributed by atoms with E-state index in [1.807, 2.05) is 19.1 Å². The molecule has 0 spiro atoms. The van der Waals surface area contributed by atoms with Gasteiger partial charge in [-0.3, -0.25) is 0 Å². The third-order valence-corrected chi connectivity index (χ3v) is 4.91. The summed E-state index contributed by atoms with van der Waals surface area (Å²) in [5.41, 5.74) is 3.31. The molecule has 0 aliphatic rings. The maximum absolute atomic E-state index is 9.39. The molecule has 0 saturated heterocycles. The van der Waals surface area contributed by atoms with Gasteiger partial charge in [0.2, 0.25) is 0 Å². The van der Waals surface area contributed by atoms with Crippen LogP contribution >= 0.6 is 15.9 Å². The second-order valence-corrected chi connectivity index (χ2v) is 6.85. The molecule has 0 aliphatic heterocycles. The Bertz CT molecular complexity index is 669. The Morgan fingerprint density at radius 3 is 2.48 bits per heavy atom. The van der Waals surface area contributed by atoms with Gasteiger partial charge in [0.1, 0.15) is 6.61 Å². The van der Waals surface area contributed by atoms with Gasteiger partial charge >= 0.3 is 0 Å². The van der Waals surface area contributed by atoms with Crippen molar-refractivity contribution in [1.29, 1.82) is 0 Å². The van der Waals surface area contributed by atoms with Crippen molar-refractivity contribution in [2.45, 2.75) is 39.5 Å². The molecule has 0 bridgehead atoms. The van der Waals surface area contributed by atoms with Gasteiger partial charge in [-0.25, -0.2) is 0 Å². The topological polar surface area (TPSA) is 50.7 Å². The highest BCUT2D eigenvalue weighted by molar-refractivity contribution is 9.10. The average Bonchev–Trinajstić information content (AvgIpc) is 2.63. The molecule has 136 valence electrons. The second kappa shape index (κ2) is 9.80. The van der Waals surface area contributed by atoms with Gasteiger partial charge in [-0.05, 0) is 31.0 Å². The number of nitrogens with one attached hydrogen (secondary N) is 1. The molecule has 1 unspecified atom stereocenters. The van der Waals surface area contributed by atoms with Crippen molar-refractivity contribution in [1.82, 2.24) is 5.32 Å². The summed E-state index contributed by atoms with van der Waals surface area (Å²) in [5, 5.41) is 12.7. The lowest BCUT2D eigenvalue weighted by Gasteiger charge is -2.19. The fraction of sp³-hybridized carbons (Fsp3) is 0.400. The largest absolute Gasteiger partial charge is 0.493 e. The Morgan fingerprint density at radius 1 is 1.16 bits per heavy atom. The first-order valence-electron chi connectivity index (χ1n) is 8.47. The van der Waals surface area contributed by atoms with Gasteiger partial charge in [0.25, 0.3) is 0 Å². The van der Waals surface area contributed by atoms with Crippen LogP contribution < -0.4 is 14.8 Å². The second-order valence-electron chi connectivity index (χ2n) is 6.00. The van der Waals surface area contributed by atoms with E-state index in [4.69, 9.17) is 9.47 Å². The highest BCUT2D eigenvalue weighted by atomic mass is 79.9. The van der Waals surface area contributed by atoms with Crippen LogP contribution in [0.1, 0.15) is 30.0 Å². The highest BCUT2D eigenvalue weighted by Crippen LogP contribution is 2.36. The maximum Gasteiger partial charge on any atom is 0.167 e. The summed E-state index contributed by atoms with van der Waals surface area (Å²) in [7, 11) is 1.64. The van der Waals surface area contributed by atoms with Crippen LogP contribution in [0.3, 0.4) is 0 Å². The number of benzene rings is 2. The van der Waals surface area contributed by atoms with E-state index < -0.39 is 0 Å². The normalized spacial score (nSPS) is 12.0. The first kappa shape index (κ1) is 19.8. The minimum atomic E-state index is 0.0584. The average molecular weight is 408 g/mol. The smallest absolute Gasteiger partial charge is 0.167 e. The molecule has 2 aromatic rings. The third kappa shape index (κ3) is 5.46. The summed E-state index contributed by atoms with van der Waals surface area (Å²) in [6.07, 6.45) is 0.859. The van der Waals surface area contributed by atoms with E-state index in [1.165, 1.54) is 5.56 Å². The van der Waals surface area contributed by atoms with Crippen LogP contribution in [0.4, 0.5) is 0 Å². The molecular formula is C20H26BrNO3. The number of rotatable bonds is 9. The van der Waals surface area contributed by atoms with Crippen molar-refractivity contribution < 1.29 is 14.6 Å². The van der Waals surface area contributed by atoms with Crippen molar-refractivity contribution in [2.75, 3.05) is 13.7 Å². The molecule has 2 rings (SSSR count). The molecule has 0 aliphatic carbocycles. The van der Waals surface area contributed by atoms with Crippen LogP contribution in [-0.4, -0.2) is 24.9 Å². The first-order chi connectivity index (χ1) is 12.1. The van der Waals surface area contributed by atoms with Crippen molar-refractivity contribution >= 4 is 15.9 Å². The molecule has 0 fully saturated rings. The minimum absolute atomic E-state index is 0.0584. The van der Waals surface area contributed by atoms with Crippen LogP contribution in [0.5, 0.6) is 11.5 Å². The summed E-state index contributed by atoms with van der Waals surface area (Å²) < 4.78 is 12.5. The van der Waals surface area contributed by atoms with Gasteiger partial charge in [0, 0.05) is 22.6 Å². The molecule has 0 heterocycles. The number of aliphatic hydroxyl groups excluding tert-OH is 1. The Kier molecular flexibility index (Phi) is 7.75. The van der Waals surface area contributed by atoms with Gasteiger partial charge in [0.15, 0.2) is 11.5 Å². The zero-order valence-corrected chi connectivity index (χ0v) is 16.6. The number of methoxy groups -OCH3 is 1. The van der Waals surface area contributed by atoms with Gasteiger partial charge in [-0.1, -0.05) is 52.7 Å². The monoisotopic (exact) mass is 407 g/mol. The van der Waals surface area contributed by atoms with Crippen LogP contribution in [0, 0.1) is 6.92 Å². The van der Waals surface area contributed by atoms with E-state index >= 15 is 0 Å². The molecule has 0 aromatic heterocycles. The van der Waals surface area contributed by atoms with Gasteiger partial charge in [-0.15, -0.1) is 0 Å².